The average molecular weight is 294 g/mol. The molecule has 106 valence electrons. The Bertz CT molecular complexity index is 444. The van der Waals surface area contributed by atoms with E-state index in [1.807, 2.05) is 6.92 Å². The maximum Gasteiger partial charge on any atom is 0.418 e. The van der Waals surface area contributed by atoms with E-state index in [4.69, 9.17) is 16.3 Å². The summed E-state index contributed by atoms with van der Waals surface area (Å²) >= 11 is 5.62. The quantitative estimate of drug-likeness (QED) is 0.892. The number of hydrogen-bond donors (Lipinski definition) is 1. The third-order valence-corrected chi connectivity index (χ3v) is 3.38. The predicted octanol–water partition coefficient (Wildman–Crippen LogP) is 4.34. The van der Waals surface area contributed by atoms with E-state index < -0.39 is 11.7 Å². The van der Waals surface area contributed by atoms with Gasteiger partial charge in [-0.25, -0.2) is 0 Å². The van der Waals surface area contributed by atoms with Crippen LogP contribution in [-0.2, 0) is 10.9 Å². The van der Waals surface area contributed by atoms with Crippen molar-refractivity contribution in [1.82, 2.24) is 0 Å². The highest BCUT2D eigenvalue weighted by molar-refractivity contribution is 6.30. The molecule has 0 amide bonds. The summed E-state index contributed by atoms with van der Waals surface area (Å²) in [5.41, 5.74) is -0.642. The van der Waals surface area contributed by atoms with E-state index in [1.165, 1.54) is 12.1 Å². The summed E-state index contributed by atoms with van der Waals surface area (Å²) in [6, 6.07) is 3.80. The van der Waals surface area contributed by atoms with E-state index in [0.717, 1.165) is 18.9 Å². The molecule has 0 heterocycles. The number of benzene rings is 1. The van der Waals surface area contributed by atoms with E-state index in [2.05, 4.69) is 5.32 Å². The highest BCUT2D eigenvalue weighted by Crippen LogP contribution is 2.38. The number of ether oxygens (including phenoxy) is 1. The first-order valence-corrected chi connectivity index (χ1v) is 6.53. The topological polar surface area (TPSA) is 21.3 Å². The van der Waals surface area contributed by atoms with Crippen molar-refractivity contribution in [3.8, 4) is 0 Å². The Balaban J connectivity index is 2.05. The summed E-state index contributed by atoms with van der Waals surface area (Å²) in [7, 11) is 0. The molecule has 0 radical (unpaired) electrons. The molecule has 1 aliphatic carbocycles. The Morgan fingerprint density at radius 2 is 2.05 bits per heavy atom. The lowest BCUT2D eigenvalue weighted by Crippen LogP contribution is -2.41. The molecule has 0 unspecified atom stereocenters. The Morgan fingerprint density at radius 3 is 2.63 bits per heavy atom. The molecule has 2 nitrogen and oxygen atoms in total. The van der Waals surface area contributed by atoms with Gasteiger partial charge in [0.1, 0.15) is 0 Å². The molecule has 19 heavy (non-hydrogen) atoms. The molecule has 2 rings (SSSR count). The third kappa shape index (κ3) is 3.54. The zero-order valence-corrected chi connectivity index (χ0v) is 11.2. The molecule has 0 saturated heterocycles. The smallest absolute Gasteiger partial charge is 0.382 e. The van der Waals surface area contributed by atoms with Gasteiger partial charge >= 0.3 is 6.18 Å². The molecular weight excluding hydrogens is 279 g/mol. The molecule has 0 atom stereocenters. The molecule has 0 aromatic heterocycles. The summed E-state index contributed by atoms with van der Waals surface area (Å²) in [5.74, 6) is 0. The fourth-order valence-corrected chi connectivity index (χ4v) is 2.32. The summed E-state index contributed by atoms with van der Waals surface area (Å²) < 4.78 is 44.0. The number of hydrogen-bond acceptors (Lipinski definition) is 2. The number of nitrogens with one attached hydrogen (secondary N) is 1. The molecule has 0 bridgehead atoms. The van der Waals surface area contributed by atoms with Gasteiger partial charge in [0, 0.05) is 23.4 Å². The van der Waals surface area contributed by atoms with Gasteiger partial charge in [0.05, 0.1) is 11.7 Å². The van der Waals surface area contributed by atoms with Crippen molar-refractivity contribution in [3.05, 3.63) is 28.8 Å². The maximum absolute atomic E-state index is 12.9. The van der Waals surface area contributed by atoms with Crippen LogP contribution in [0, 0.1) is 0 Å². The highest BCUT2D eigenvalue weighted by Gasteiger charge is 2.36. The van der Waals surface area contributed by atoms with Crippen molar-refractivity contribution in [1.29, 1.82) is 0 Å². The van der Waals surface area contributed by atoms with Gasteiger partial charge in [0.25, 0.3) is 0 Å². The molecule has 1 saturated carbocycles. The first-order chi connectivity index (χ1) is 8.90. The SMILES string of the molecule is CCOC1CC(Nc2ccc(Cl)cc2C(F)(F)F)C1. The van der Waals surface area contributed by atoms with Crippen LogP contribution in [0.15, 0.2) is 18.2 Å². The lowest BCUT2D eigenvalue weighted by Gasteiger charge is -2.36. The average Bonchev–Trinajstić information content (AvgIpc) is 2.27. The second kappa shape index (κ2) is 5.59. The molecule has 1 aromatic carbocycles. The van der Waals surface area contributed by atoms with Crippen molar-refractivity contribution in [3.63, 3.8) is 0 Å². The lowest BCUT2D eigenvalue weighted by atomic mass is 9.88. The van der Waals surface area contributed by atoms with Crippen molar-refractivity contribution >= 4 is 17.3 Å². The molecule has 1 aliphatic rings. The monoisotopic (exact) mass is 293 g/mol. The van der Waals surface area contributed by atoms with Gasteiger partial charge in [-0.15, -0.1) is 0 Å². The van der Waals surface area contributed by atoms with Crippen LogP contribution in [0.5, 0.6) is 0 Å². The van der Waals surface area contributed by atoms with Crippen LogP contribution in [0.4, 0.5) is 18.9 Å². The van der Waals surface area contributed by atoms with Crippen molar-refractivity contribution < 1.29 is 17.9 Å². The van der Waals surface area contributed by atoms with Crippen LogP contribution in [0.2, 0.25) is 5.02 Å². The molecule has 0 aliphatic heterocycles. The minimum Gasteiger partial charge on any atom is -0.382 e. The number of anilines is 1. The van der Waals surface area contributed by atoms with Crippen LogP contribution in [0.3, 0.4) is 0 Å². The number of alkyl halides is 3. The molecular formula is C13H15ClF3NO. The van der Waals surface area contributed by atoms with Crippen molar-refractivity contribution in [2.24, 2.45) is 0 Å². The van der Waals surface area contributed by atoms with Gasteiger partial charge in [-0.1, -0.05) is 11.6 Å². The fraction of sp³-hybridized carbons (Fsp3) is 0.538. The molecule has 1 N–H and O–H groups in total. The standard InChI is InChI=1S/C13H15ClF3NO/c1-2-19-10-6-9(7-10)18-12-4-3-8(14)5-11(12)13(15,16)17/h3-5,9-10,18H,2,6-7H2,1H3. The van der Waals surface area contributed by atoms with Gasteiger partial charge in [-0.3, -0.25) is 0 Å². The zero-order chi connectivity index (χ0) is 14.0. The predicted molar refractivity (Wildman–Crippen MR) is 68.5 cm³/mol. The van der Waals surface area contributed by atoms with E-state index in [-0.39, 0.29) is 22.9 Å². The van der Waals surface area contributed by atoms with Gasteiger partial charge in [-0.2, -0.15) is 13.2 Å². The van der Waals surface area contributed by atoms with Crippen LogP contribution in [-0.4, -0.2) is 18.8 Å². The molecule has 1 fully saturated rings. The van der Waals surface area contributed by atoms with E-state index >= 15 is 0 Å². The van der Waals surface area contributed by atoms with Crippen LogP contribution in [0.1, 0.15) is 25.3 Å². The third-order valence-electron chi connectivity index (χ3n) is 3.14. The van der Waals surface area contributed by atoms with E-state index in [1.54, 1.807) is 0 Å². The summed E-state index contributed by atoms with van der Waals surface area (Å²) in [6.45, 7) is 2.54. The van der Waals surface area contributed by atoms with E-state index in [0.29, 0.717) is 6.61 Å². The summed E-state index contributed by atoms with van der Waals surface area (Å²) in [6.07, 6.45) is -2.79. The minimum absolute atomic E-state index is 0.0267. The lowest BCUT2D eigenvalue weighted by molar-refractivity contribution is -0.137. The minimum atomic E-state index is -4.41. The second-order valence-corrected chi connectivity index (χ2v) is 5.01. The van der Waals surface area contributed by atoms with Gasteiger partial charge < -0.3 is 10.1 Å². The van der Waals surface area contributed by atoms with Crippen molar-refractivity contribution in [2.45, 2.75) is 38.1 Å². The van der Waals surface area contributed by atoms with Gasteiger partial charge in [0.15, 0.2) is 0 Å². The Kier molecular flexibility index (Phi) is 4.26. The normalized spacial score (nSPS) is 23.0. The van der Waals surface area contributed by atoms with E-state index in [9.17, 15) is 13.2 Å². The Labute approximate surface area is 114 Å². The second-order valence-electron chi connectivity index (χ2n) is 4.58. The van der Waals surface area contributed by atoms with Gasteiger partial charge in [0.2, 0.25) is 0 Å². The number of rotatable bonds is 4. The molecule has 1 aromatic rings. The first-order valence-electron chi connectivity index (χ1n) is 6.15. The zero-order valence-electron chi connectivity index (χ0n) is 10.4. The fourth-order valence-electron chi connectivity index (χ4n) is 2.15. The summed E-state index contributed by atoms with van der Waals surface area (Å²) in [5, 5.41) is 2.99. The first kappa shape index (κ1) is 14.5. The molecule has 0 spiro atoms. The van der Waals surface area contributed by atoms with Crippen LogP contribution in [0.25, 0.3) is 0 Å². The van der Waals surface area contributed by atoms with Crippen molar-refractivity contribution in [2.75, 3.05) is 11.9 Å². The van der Waals surface area contributed by atoms with Gasteiger partial charge in [-0.05, 0) is 38.0 Å². The summed E-state index contributed by atoms with van der Waals surface area (Å²) in [4.78, 5) is 0. The maximum atomic E-state index is 12.9. The van der Waals surface area contributed by atoms with Crippen LogP contribution < -0.4 is 5.32 Å². The Morgan fingerprint density at radius 1 is 1.37 bits per heavy atom. The Hall–Kier alpha value is -0.940. The molecule has 6 heteroatoms. The van der Waals surface area contributed by atoms with Crippen LogP contribution >= 0.6 is 11.6 Å². The number of halogens is 4. The largest absolute Gasteiger partial charge is 0.418 e. The highest BCUT2D eigenvalue weighted by atomic mass is 35.5.